The predicted octanol–water partition coefficient (Wildman–Crippen LogP) is 1.67. The molecule has 0 bridgehead atoms. The van der Waals surface area contributed by atoms with Crippen molar-refractivity contribution < 1.29 is 4.79 Å². The Hall–Kier alpha value is -1.92. The summed E-state index contributed by atoms with van der Waals surface area (Å²) in [6.07, 6.45) is 1.72. The number of nitrogen functional groups attached to an aromatic ring is 1. The van der Waals surface area contributed by atoms with Crippen LogP contribution < -0.4 is 16.6 Å². The highest BCUT2D eigenvalue weighted by molar-refractivity contribution is 7.09. The topological polar surface area (TPSA) is 80.0 Å². The first-order chi connectivity index (χ1) is 8.70. The zero-order valence-corrected chi connectivity index (χ0v) is 10.8. The molecule has 0 saturated heterocycles. The molecule has 4 N–H and O–H groups in total. The van der Waals surface area contributed by atoms with Gasteiger partial charge in [0.05, 0.1) is 12.2 Å². The SMILES string of the molecule is Cc1cc(C(=O)NCc2nccs2)ccc1NN. The second-order valence-corrected chi connectivity index (χ2v) is 4.76. The van der Waals surface area contributed by atoms with Crippen LogP contribution >= 0.6 is 11.3 Å². The average molecular weight is 262 g/mol. The van der Waals surface area contributed by atoms with E-state index in [1.54, 1.807) is 24.4 Å². The van der Waals surface area contributed by atoms with Gasteiger partial charge in [0.1, 0.15) is 5.01 Å². The highest BCUT2D eigenvalue weighted by Gasteiger charge is 2.07. The maximum atomic E-state index is 11.9. The second-order valence-electron chi connectivity index (χ2n) is 3.78. The van der Waals surface area contributed by atoms with E-state index in [1.807, 2.05) is 12.3 Å². The Labute approximate surface area is 109 Å². The van der Waals surface area contributed by atoms with Gasteiger partial charge in [-0.05, 0) is 30.7 Å². The highest BCUT2D eigenvalue weighted by atomic mass is 32.1. The van der Waals surface area contributed by atoms with Crippen molar-refractivity contribution in [2.75, 3.05) is 5.43 Å². The predicted molar refractivity (Wildman–Crippen MR) is 72.3 cm³/mol. The summed E-state index contributed by atoms with van der Waals surface area (Å²) in [6.45, 7) is 2.35. The molecule has 94 valence electrons. The number of carbonyl (C=O) groups excluding carboxylic acids is 1. The standard InChI is InChI=1S/C12H14N4OS/c1-8-6-9(2-3-10(8)16-13)12(17)15-7-11-14-4-5-18-11/h2-6,16H,7,13H2,1H3,(H,15,17). The maximum absolute atomic E-state index is 11.9. The molecule has 1 aromatic carbocycles. The Morgan fingerprint density at radius 3 is 2.94 bits per heavy atom. The van der Waals surface area contributed by atoms with Crippen LogP contribution in [-0.4, -0.2) is 10.9 Å². The quantitative estimate of drug-likeness (QED) is 0.578. The normalized spacial score (nSPS) is 10.1. The molecule has 18 heavy (non-hydrogen) atoms. The number of nitrogens with one attached hydrogen (secondary N) is 2. The van der Waals surface area contributed by atoms with Gasteiger partial charge in [0, 0.05) is 17.1 Å². The van der Waals surface area contributed by atoms with Gasteiger partial charge in [-0.25, -0.2) is 4.98 Å². The van der Waals surface area contributed by atoms with Gasteiger partial charge in [0.25, 0.3) is 5.91 Å². The van der Waals surface area contributed by atoms with E-state index in [9.17, 15) is 4.79 Å². The molecule has 0 aliphatic carbocycles. The molecule has 0 aliphatic heterocycles. The summed E-state index contributed by atoms with van der Waals surface area (Å²) in [5, 5.41) is 5.59. The van der Waals surface area contributed by atoms with Crippen LogP contribution in [0.2, 0.25) is 0 Å². The number of rotatable bonds is 4. The molecule has 0 unspecified atom stereocenters. The van der Waals surface area contributed by atoms with E-state index in [0.29, 0.717) is 12.1 Å². The number of anilines is 1. The average Bonchev–Trinajstić information content (AvgIpc) is 2.89. The maximum Gasteiger partial charge on any atom is 0.251 e. The Morgan fingerprint density at radius 2 is 2.33 bits per heavy atom. The number of hydrogen-bond donors (Lipinski definition) is 3. The summed E-state index contributed by atoms with van der Waals surface area (Å²) < 4.78 is 0. The molecule has 0 aliphatic rings. The van der Waals surface area contributed by atoms with Gasteiger partial charge in [0.2, 0.25) is 0 Å². The fraction of sp³-hybridized carbons (Fsp3) is 0.167. The first-order valence-electron chi connectivity index (χ1n) is 5.44. The lowest BCUT2D eigenvalue weighted by atomic mass is 10.1. The van der Waals surface area contributed by atoms with Gasteiger partial charge in [-0.2, -0.15) is 0 Å². The lowest BCUT2D eigenvalue weighted by molar-refractivity contribution is 0.0951. The number of hydrazine groups is 1. The first kappa shape index (κ1) is 12.5. The number of nitrogens with zero attached hydrogens (tertiary/aromatic N) is 1. The largest absolute Gasteiger partial charge is 0.346 e. The van der Waals surface area contributed by atoms with Crippen LogP contribution in [0.15, 0.2) is 29.8 Å². The van der Waals surface area contributed by atoms with Crippen molar-refractivity contribution in [3.8, 4) is 0 Å². The second kappa shape index (κ2) is 5.61. The fourth-order valence-corrected chi connectivity index (χ4v) is 2.12. The third-order valence-corrected chi connectivity index (χ3v) is 3.31. The van der Waals surface area contributed by atoms with Crippen LogP contribution in [0.1, 0.15) is 20.9 Å². The van der Waals surface area contributed by atoms with E-state index in [1.165, 1.54) is 11.3 Å². The minimum Gasteiger partial charge on any atom is -0.346 e. The fourth-order valence-electron chi connectivity index (χ4n) is 1.57. The van der Waals surface area contributed by atoms with Crippen LogP contribution in [0.5, 0.6) is 0 Å². The number of aromatic nitrogens is 1. The molecule has 6 heteroatoms. The van der Waals surface area contributed by atoms with E-state index in [2.05, 4.69) is 15.7 Å². The summed E-state index contributed by atoms with van der Waals surface area (Å²) in [6, 6.07) is 5.32. The molecule has 5 nitrogen and oxygen atoms in total. The molecule has 2 rings (SSSR count). The van der Waals surface area contributed by atoms with E-state index < -0.39 is 0 Å². The van der Waals surface area contributed by atoms with Crippen LogP contribution in [-0.2, 0) is 6.54 Å². The molecule has 0 saturated carbocycles. The molecular weight excluding hydrogens is 248 g/mol. The van der Waals surface area contributed by atoms with Gasteiger partial charge in [-0.3, -0.25) is 10.6 Å². The van der Waals surface area contributed by atoms with Crippen LogP contribution in [0.25, 0.3) is 0 Å². The van der Waals surface area contributed by atoms with Gasteiger partial charge in [0.15, 0.2) is 0 Å². The van der Waals surface area contributed by atoms with Crippen molar-refractivity contribution in [1.82, 2.24) is 10.3 Å². The monoisotopic (exact) mass is 262 g/mol. The lowest BCUT2D eigenvalue weighted by Crippen LogP contribution is -2.23. The molecule has 0 radical (unpaired) electrons. The molecule has 1 aromatic heterocycles. The third-order valence-electron chi connectivity index (χ3n) is 2.53. The van der Waals surface area contributed by atoms with Crippen LogP contribution in [0, 0.1) is 6.92 Å². The summed E-state index contributed by atoms with van der Waals surface area (Å²) in [7, 11) is 0. The minimum atomic E-state index is -0.114. The summed E-state index contributed by atoms with van der Waals surface area (Å²) >= 11 is 1.52. The minimum absolute atomic E-state index is 0.114. The first-order valence-corrected chi connectivity index (χ1v) is 6.32. The van der Waals surface area contributed by atoms with E-state index in [-0.39, 0.29) is 5.91 Å². The van der Waals surface area contributed by atoms with E-state index in [4.69, 9.17) is 5.84 Å². The number of thiazole rings is 1. The van der Waals surface area contributed by atoms with Crippen molar-refractivity contribution in [1.29, 1.82) is 0 Å². The highest BCUT2D eigenvalue weighted by Crippen LogP contribution is 2.15. The number of nitrogens with two attached hydrogens (primary N) is 1. The van der Waals surface area contributed by atoms with Crippen LogP contribution in [0.4, 0.5) is 5.69 Å². The van der Waals surface area contributed by atoms with Crippen molar-refractivity contribution in [3.05, 3.63) is 45.9 Å². The lowest BCUT2D eigenvalue weighted by Gasteiger charge is -2.08. The van der Waals surface area contributed by atoms with Crippen molar-refractivity contribution in [2.45, 2.75) is 13.5 Å². The van der Waals surface area contributed by atoms with Gasteiger partial charge in [-0.15, -0.1) is 11.3 Å². The molecule has 0 atom stereocenters. The van der Waals surface area contributed by atoms with E-state index in [0.717, 1.165) is 16.3 Å². The van der Waals surface area contributed by atoms with Crippen molar-refractivity contribution >= 4 is 22.9 Å². The number of carbonyl (C=O) groups is 1. The zero-order valence-electron chi connectivity index (χ0n) is 9.93. The Balaban J connectivity index is 2.02. The van der Waals surface area contributed by atoms with Crippen LogP contribution in [0.3, 0.4) is 0 Å². The summed E-state index contributed by atoms with van der Waals surface area (Å²) in [5.41, 5.74) is 4.93. The van der Waals surface area contributed by atoms with E-state index >= 15 is 0 Å². The van der Waals surface area contributed by atoms with Gasteiger partial charge in [-0.1, -0.05) is 0 Å². The molecule has 0 fully saturated rings. The Bertz CT molecular complexity index is 539. The van der Waals surface area contributed by atoms with Crippen molar-refractivity contribution in [3.63, 3.8) is 0 Å². The molecule has 2 aromatic rings. The third kappa shape index (κ3) is 2.85. The Kier molecular flexibility index (Phi) is 3.91. The number of amides is 1. The number of hydrogen-bond acceptors (Lipinski definition) is 5. The molecular formula is C12H14N4OS. The number of benzene rings is 1. The van der Waals surface area contributed by atoms with Crippen molar-refractivity contribution in [2.24, 2.45) is 5.84 Å². The van der Waals surface area contributed by atoms with Gasteiger partial charge < -0.3 is 10.7 Å². The molecule has 1 heterocycles. The Morgan fingerprint density at radius 1 is 1.50 bits per heavy atom. The summed E-state index contributed by atoms with van der Waals surface area (Å²) in [4.78, 5) is 16.0. The molecule has 0 spiro atoms. The zero-order chi connectivity index (χ0) is 13.0. The number of aryl methyl sites for hydroxylation is 1. The smallest absolute Gasteiger partial charge is 0.251 e. The molecule has 1 amide bonds. The van der Waals surface area contributed by atoms with Gasteiger partial charge >= 0.3 is 0 Å². The summed E-state index contributed by atoms with van der Waals surface area (Å²) in [5.74, 6) is 5.23.